The van der Waals surface area contributed by atoms with Crippen molar-refractivity contribution in [3.05, 3.63) is 56.2 Å². The van der Waals surface area contributed by atoms with Crippen LogP contribution in [0.3, 0.4) is 0 Å². The van der Waals surface area contributed by atoms with Gasteiger partial charge in [-0.1, -0.05) is 18.2 Å². The number of aromatic carboxylic acids is 1. The van der Waals surface area contributed by atoms with E-state index in [9.17, 15) is 20.0 Å². The predicted octanol–water partition coefficient (Wildman–Crippen LogP) is 2.73. The topological polar surface area (TPSA) is 125 Å². The number of aromatic nitrogens is 2. The Bertz CT molecular complexity index is 1250. The molecule has 1 aliphatic heterocycles. The summed E-state index contributed by atoms with van der Waals surface area (Å²) in [6, 6.07) is 9.25. The molecule has 4 rings (SSSR count). The van der Waals surface area contributed by atoms with Crippen LogP contribution < -0.4 is 16.2 Å². The minimum absolute atomic E-state index is 0. The van der Waals surface area contributed by atoms with Gasteiger partial charge in [-0.3, -0.25) is 9.36 Å². The molecule has 0 bridgehead atoms. The molecule has 8 nitrogen and oxygen atoms in total. The lowest BCUT2D eigenvalue weighted by atomic mass is 10.1. The molecular weight excluding hydrogens is 438 g/mol. The van der Waals surface area contributed by atoms with Crippen molar-refractivity contribution in [2.45, 2.75) is 32.4 Å². The molecule has 0 unspecified atom stereocenters. The van der Waals surface area contributed by atoms with E-state index in [1.54, 1.807) is 19.1 Å². The fourth-order valence-corrected chi connectivity index (χ4v) is 4.91. The van der Waals surface area contributed by atoms with E-state index in [1.165, 1.54) is 4.57 Å². The molecule has 10 heteroatoms. The molecule has 0 spiro atoms. The number of fused-ring (bicyclic) bond motifs is 1. The van der Waals surface area contributed by atoms with Crippen molar-refractivity contribution in [2.75, 3.05) is 18.0 Å². The minimum atomic E-state index is -1.07. The maximum absolute atomic E-state index is 13.5. The van der Waals surface area contributed by atoms with E-state index < -0.39 is 5.97 Å². The lowest BCUT2D eigenvalue weighted by molar-refractivity contribution is 0.0701. The predicted molar refractivity (Wildman–Crippen MR) is 123 cm³/mol. The van der Waals surface area contributed by atoms with Gasteiger partial charge in [0.2, 0.25) is 5.95 Å². The quantitative estimate of drug-likeness (QED) is 0.614. The van der Waals surface area contributed by atoms with Crippen molar-refractivity contribution in [2.24, 2.45) is 5.73 Å². The number of carbonyl (C=O) groups is 1. The van der Waals surface area contributed by atoms with Crippen LogP contribution in [0.1, 0.15) is 39.2 Å². The molecule has 1 saturated heterocycles. The second kappa shape index (κ2) is 9.06. The largest absolute Gasteiger partial charge is 0.477 e. The molecule has 0 radical (unpaired) electrons. The summed E-state index contributed by atoms with van der Waals surface area (Å²) < 4.78 is 1.85. The average Bonchev–Trinajstić information content (AvgIpc) is 3.07. The van der Waals surface area contributed by atoms with Crippen LogP contribution in [-0.4, -0.2) is 39.8 Å². The van der Waals surface area contributed by atoms with E-state index >= 15 is 0 Å². The van der Waals surface area contributed by atoms with Gasteiger partial charge in [0.25, 0.3) is 5.56 Å². The van der Waals surface area contributed by atoms with Crippen LogP contribution in [0.25, 0.3) is 10.2 Å². The summed E-state index contributed by atoms with van der Waals surface area (Å²) in [5, 5.41) is 18.9. The van der Waals surface area contributed by atoms with E-state index in [1.807, 2.05) is 17.0 Å². The molecule has 1 aromatic carbocycles. The molecule has 1 fully saturated rings. The molecule has 0 saturated carbocycles. The highest BCUT2D eigenvalue weighted by molar-refractivity contribution is 7.20. The molecule has 3 N–H and O–H groups in total. The molecular formula is C21H22ClN5O3S. The molecule has 1 atom stereocenters. The summed E-state index contributed by atoms with van der Waals surface area (Å²) in [6.45, 7) is 3.12. The Hall–Kier alpha value is -2.93. The van der Waals surface area contributed by atoms with Gasteiger partial charge >= 0.3 is 5.97 Å². The molecule has 31 heavy (non-hydrogen) atoms. The number of aryl methyl sites for hydroxylation is 1. The van der Waals surface area contributed by atoms with Crippen LogP contribution >= 0.6 is 23.7 Å². The van der Waals surface area contributed by atoms with Crippen LogP contribution in [0.15, 0.2) is 29.1 Å². The fourth-order valence-electron chi connectivity index (χ4n) is 3.88. The number of carboxylic acid groups (broad SMARTS) is 1. The number of hydrogen-bond acceptors (Lipinski definition) is 7. The van der Waals surface area contributed by atoms with Gasteiger partial charge < -0.3 is 15.7 Å². The van der Waals surface area contributed by atoms with Gasteiger partial charge in [-0.2, -0.15) is 5.26 Å². The van der Waals surface area contributed by atoms with Crippen LogP contribution in [-0.2, 0) is 6.54 Å². The Morgan fingerprint density at radius 2 is 2.16 bits per heavy atom. The molecule has 162 valence electrons. The highest BCUT2D eigenvalue weighted by Gasteiger charge is 2.26. The number of piperidine rings is 1. The Morgan fingerprint density at radius 1 is 1.42 bits per heavy atom. The van der Waals surface area contributed by atoms with Crippen LogP contribution in [0, 0.1) is 18.3 Å². The standard InChI is InChI=1S/C21H21N5O3S.ClH/c1-12-16-18(30-17(12)20(28)29)19(27)26(10-14-6-3-2-5-13(14)9-22)21(24-16)25-8-4-7-15(23)11-25;/h2-3,5-6,15H,4,7-8,10-11,23H2,1H3,(H,28,29);1H/t15-;/m1./s1. The lowest BCUT2D eigenvalue weighted by Crippen LogP contribution is -2.45. The SMILES string of the molecule is Cc1c(C(=O)O)sc2c(=O)n(Cc3ccccc3C#N)c(N3CCC[C@@H](N)C3)nc12.Cl. The van der Waals surface area contributed by atoms with Crippen molar-refractivity contribution >= 4 is 45.9 Å². The van der Waals surface area contributed by atoms with Gasteiger partial charge in [0, 0.05) is 24.7 Å². The Kier molecular flexibility index (Phi) is 6.65. The third kappa shape index (κ3) is 4.14. The molecule has 3 heterocycles. The molecule has 0 aliphatic carbocycles. The second-order valence-electron chi connectivity index (χ2n) is 7.46. The number of nitriles is 1. The summed E-state index contributed by atoms with van der Waals surface area (Å²) in [7, 11) is 0. The average molecular weight is 460 g/mol. The first-order valence-corrected chi connectivity index (χ1v) is 10.5. The first-order chi connectivity index (χ1) is 14.4. The van der Waals surface area contributed by atoms with Crippen molar-refractivity contribution in [3.63, 3.8) is 0 Å². The third-order valence-electron chi connectivity index (χ3n) is 5.41. The number of nitrogens with zero attached hydrogens (tertiary/aromatic N) is 4. The number of carboxylic acids is 1. The monoisotopic (exact) mass is 459 g/mol. The van der Waals surface area contributed by atoms with Gasteiger partial charge in [-0.05, 0) is 31.4 Å². The van der Waals surface area contributed by atoms with Crippen LogP contribution in [0.5, 0.6) is 0 Å². The van der Waals surface area contributed by atoms with E-state index in [4.69, 9.17) is 10.7 Å². The summed E-state index contributed by atoms with van der Waals surface area (Å²) in [4.78, 5) is 31.9. The number of anilines is 1. The first-order valence-electron chi connectivity index (χ1n) is 9.66. The number of rotatable bonds is 4. The second-order valence-corrected chi connectivity index (χ2v) is 8.48. The van der Waals surface area contributed by atoms with Crippen LogP contribution in [0.2, 0.25) is 0 Å². The van der Waals surface area contributed by atoms with Gasteiger partial charge in [-0.25, -0.2) is 9.78 Å². The molecule has 0 amide bonds. The Morgan fingerprint density at radius 3 is 2.84 bits per heavy atom. The van der Waals surface area contributed by atoms with E-state index in [-0.39, 0.29) is 35.4 Å². The first kappa shape index (κ1) is 22.7. The summed E-state index contributed by atoms with van der Waals surface area (Å²) in [5.74, 6) is -0.606. The zero-order valence-corrected chi connectivity index (χ0v) is 18.5. The minimum Gasteiger partial charge on any atom is -0.477 e. The third-order valence-corrected chi connectivity index (χ3v) is 6.67. The number of hydrogen-bond donors (Lipinski definition) is 2. The van der Waals surface area contributed by atoms with E-state index in [2.05, 4.69) is 6.07 Å². The van der Waals surface area contributed by atoms with Gasteiger partial charge in [0.1, 0.15) is 9.58 Å². The van der Waals surface area contributed by atoms with Crippen molar-refractivity contribution < 1.29 is 9.90 Å². The van der Waals surface area contributed by atoms with Crippen molar-refractivity contribution in [1.82, 2.24) is 9.55 Å². The number of halogens is 1. The smallest absolute Gasteiger partial charge is 0.346 e. The van der Waals surface area contributed by atoms with Crippen molar-refractivity contribution in [3.8, 4) is 6.07 Å². The fraction of sp³-hybridized carbons (Fsp3) is 0.333. The van der Waals surface area contributed by atoms with E-state index in [0.29, 0.717) is 45.9 Å². The van der Waals surface area contributed by atoms with Gasteiger partial charge in [0.15, 0.2) is 0 Å². The highest BCUT2D eigenvalue weighted by Crippen LogP contribution is 2.30. The Balaban J connectivity index is 0.00000272. The number of thiophene rings is 1. The maximum atomic E-state index is 13.5. The number of nitrogens with two attached hydrogens (primary N) is 1. The zero-order valence-electron chi connectivity index (χ0n) is 16.9. The lowest BCUT2D eigenvalue weighted by Gasteiger charge is -2.33. The van der Waals surface area contributed by atoms with Gasteiger partial charge in [0.05, 0.1) is 23.7 Å². The number of benzene rings is 1. The van der Waals surface area contributed by atoms with Gasteiger partial charge in [-0.15, -0.1) is 23.7 Å². The highest BCUT2D eigenvalue weighted by atomic mass is 35.5. The van der Waals surface area contributed by atoms with Crippen LogP contribution in [0.4, 0.5) is 5.95 Å². The normalized spacial score (nSPS) is 16.0. The summed E-state index contributed by atoms with van der Waals surface area (Å²) in [5.41, 5.74) is 7.96. The zero-order chi connectivity index (χ0) is 21.4. The summed E-state index contributed by atoms with van der Waals surface area (Å²) >= 11 is 0.946. The maximum Gasteiger partial charge on any atom is 0.346 e. The summed E-state index contributed by atoms with van der Waals surface area (Å²) in [6.07, 6.45) is 1.79. The van der Waals surface area contributed by atoms with Crippen molar-refractivity contribution in [1.29, 1.82) is 5.26 Å². The van der Waals surface area contributed by atoms with E-state index in [0.717, 1.165) is 24.2 Å². The molecule has 3 aromatic rings. The molecule has 2 aromatic heterocycles. The molecule has 1 aliphatic rings. The Labute approximate surface area is 189 Å².